The van der Waals surface area contributed by atoms with Crippen molar-refractivity contribution in [2.75, 3.05) is 6.61 Å². The van der Waals surface area contributed by atoms with Gasteiger partial charge in [-0.25, -0.2) is 0 Å². The van der Waals surface area contributed by atoms with Gasteiger partial charge in [0.25, 0.3) is 0 Å². The fraction of sp³-hybridized carbons (Fsp3) is 0.333. The van der Waals surface area contributed by atoms with Crippen LogP contribution in [0.2, 0.25) is 5.02 Å². The van der Waals surface area contributed by atoms with Crippen molar-refractivity contribution in [1.29, 1.82) is 0 Å². The first-order valence-electron chi connectivity index (χ1n) is 7.63. The van der Waals surface area contributed by atoms with Crippen molar-refractivity contribution in [2.24, 2.45) is 0 Å². The van der Waals surface area contributed by atoms with Crippen LogP contribution in [-0.2, 0) is 10.9 Å². The molecule has 1 heterocycles. The van der Waals surface area contributed by atoms with Crippen LogP contribution in [0.5, 0.6) is 0 Å². The second-order valence-corrected chi connectivity index (χ2v) is 7.53. The zero-order valence-corrected chi connectivity index (χ0v) is 14.3. The van der Waals surface area contributed by atoms with Crippen LogP contribution >= 0.6 is 23.4 Å². The summed E-state index contributed by atoms with van der Waals surface area (Å²) in [4.78, 5) is 0.628. The van der Waals surface area contributed by atoms with Gasteiger partial charge in [-0.2, -0.15) is 13.2 Å². The van der Waals surface area contributed by atoms with E-state index in [0.717, 1.165) is 24.5 Å². The number of benzene rings is 2. The first kappa shape index (κ1) is 17.6. The second kappa shape index (κ2) is 7.38. The summed E-state index contributed by atoms with van der Waals surface area (Å²) in [5.41, 5.74) is 0.477. The molecule has 1 saturated heterocycles. The van der Waals surface area contributed by atoms with Crippen molar-refractivity contribution in [3.8, 4) is 0 Å². The van der Waals surface area contributed by atoms with Gasteiger partial charge in [0.1, 0.15) is 0 Å². The zero-order chi connectivity index (χ0) is 17.2. The Kier molecular flexibility index (Phi) is 5.42. The Bertz CT molecular complexity index is 679. The molecule has 2 unspecified atom stereocenters. The van der Waals surface area contributed by atoms with Crippen LogP contribution in [0.25, 0.3) is 0 Å². The lowest BCUT2D eigenvalue weighted by molar-refractivity contribution is -0.137. The number of thioether (sulfide) groups is 1. The summed E-state index contributed by atoms with van der Waals surface area (Å²) in [7, 11) is 0. The first-order chi connectivity index (χ1) is 11.4. The van der Waals surface area contributed by atoms with Gasteiger partial charge in [0, 0.05) is 15.2 Å². The van der Waals surface area contributed by atoms with E-state index in [1.54, 1.807) is 6.07 Å². The van der Waals surface area contributed by atoms with Crippen LogP contribution in [0.15, 0.2) is 53.4 Å². The van der Waals surface area contributed by atoms with Crippen LogP contribution in [0.1, 0.15) is 30.1 Å². The predicted octanol–water partition coefficient (Wildman–Crippen LogP) is 6.37. The predicted molar refractivity (Wildman–Crippen MR) is 90.5 cm³/mol. The monoisotopic (exact) mass is 372 g/mol. The van der Waals surface area contributed by atoms with Crippen molar-refractivity contribution in [1.82, 2.24) is 0 Å². The van der Waals surface area contributed by atoms with Crippen LogP contribution in [0.4, 0.5) is 13.2 Å². The van der Waals surface area contributed by atoms with Crippen LogP contribution in [-0.4, -0.2) is 11.9 Å². The topological polar surface area (TPSA) is 9.23 Å². The van der Waals surface area contributed by atoms with Gasteiger partial charge in [0.2, 0.25) is 0 Å². The number of alkyl halides is 3. The number of halogens is 4. The Balaban J connectivity index is 1.58. The molecule has 1 aliphatic heterocycles. The maximum absolute atomic E-state index is 12.8. The molecule has 1 nitrogen and oxygen atoms in total. The summed E-state index contributed by atoms with van der Waals surface area (Å²) in [5, 5.41) is 0.851. The Hall–Kier alpha value is -1.17. The van der Waals surface area contributed by atoms with Gasteiger partial charge in [-0.3, -0.25) is 0 Å². The van der Waals surface area contributed by atoms with Gasteiger partial charge in [0.15, 0.2) is 0 Å². The maximum Gasteiger partial charge on any atom is 0.416 e. The van der Waals surface area contributed by atoms with Crippen molar-refractivity contribution in [3.05, 3.63) is 64.7 Å². The lowest BCUT2D eigenvalue weighted by Crippen LogP contribution is -2.22. The molecule has 0 aliphatic carbocycles. The van der Waals surface area contributed by atoms with E-state index in [2.05, 4.69) is 0 Å². The highest BCUT2D eigenvalue weighted by atomic mass is 35.5. The van der Waals surface area contributed by atoms with Crippen LogP contribution in [0.3, 0.4) is 0 Å². The Morgan fingerprint density at radius 2 is 1.79 bits per heavy atom. The number of ether oxygens (including phenoxy) is 1. The van der Waals surface area contributed by atoms with Gasteiger partial charge < -0.3 is 4.74 Å². The molecule has 6 heteroatoms. The average Bonchev–Trinajstić information content (AvgIpc) is 2.56. The molecule has 2 aromatic rings. The van der Waals surface area contributed by atoms with E-state index >= 15 is 0 Å². The second-order valence-electron chi connectivity index (χ2n) is 5.72. The highest BCUT2D eigenvalue weighted by Gasteiger charge is 2.31. The van der Waals surface area contributed by atoms with E-state index in [1.165, 1.54) is 23.9 Å². The van der Waals surface area contributed by atoms with Crippen molar-refractivity contribution in [2.45, 2.75) is 35.3 Å². The fourth-order valence-corrected chi connectivity index (χ4v) is 3.96. The van der Waals surface area contributed by atoms with Crippen molar-refractivity contribution in [3.63, 3.8) is 0 Å². The number of hydrogen-bond donors (Lipinski definition) is 0. The number of rotatable bonds is 3. The lowest BCUT2D eigenvalue weighted by atomic mass is 10.0. The molecular formula is C18H16ClF3OS. The summed E-state index contributed by atoms with van der Waals surface area (Å²) in [6, 6.07) is 13.0. The molecule has 3 rings (SSSR count). The maximum atomic E-state index is 12.8. The number of hydrogen-bond acceptors (Lipinski definition) is 2. The minimum atomic E-state index is -4.31. The van der Waals surface area contributed by atoms with Crippen LogP contribution in [0, 0.1) is 0 Å². The molecule has 0 radical (unpaired) electrons. The molecule has 0 amide bonds. The fourth-order valence-electron chi connectivity index (χ4n) is 2.70. The minimum Gasteiger partial charge on any atom is -0.372 e. The molecule has 0 N–H and O–H groups in total. The Morgan fingerprint density at radius 1 is 1.04 bits per heavy atom. The molecule has 0 spiro atoms. The standard InChI is InChI=1S/C18H16ClF3OS/c19-14-6-4-12(5-7-14)17-9-8-16(11-23-17)24-15-3-1-2-13(10-15)18(20,21)22/h1-7,10,16-17H,8-9,11H2. The largest absolute Gasteiger partial charge is 0.416 e. The average molecular weight is 373 g/mol. The van der Waals surface area contributed by atoms with Gasteiger partial charge >= 0.3 is 6.18 Å². The molecule has 2 atom stereocenters. The van der Waals surface area contributed by atoms with Gasteiger partial charge in [-0.05, 0) is 48.7 Å². The summed E-state index contributed by atoms with van der Waals surface area (Å²) in [5.74, 6) is 0. The van der Waals surface area contributed by atoms with Gasteiger partial charge in [-0.15, -0.1) is 11.8 Å². The first-order valence-corrected chi connectivity index (χ1v) is 8.88. The third-order valence-electron chi connectivity index (χ3n) is 3.94. The smallest absolute Gasteiger partial charge is 0.372 e. The zero-order valence-electron chi connectivity index (χ0n) is 12.7. The highest BCUT2D eigenvalue weighted by molar-refractivity contribution is 8.00. The third-order valence-corrected chi connectivity index (χ3v) is 5.42. The summed E-state index contributed by atoms with van der Waals surface area (Å²) < 4.78 is 44.2. The quantitative estimate of drug-likeness (QED) is 0.619. The van der Waals surface area contributed by atoms with E-state index < -0.39 is 11.7 Å². The Labute approximate surface area is 148 Å². The molecule has 0 aromatic heterocycles. The minimum absolute atomic E-state index is 0.0284. The van der Waals surface area contributed by atoms with E-state index in [9.17, 15) is 13.2 Å². The van der Waals surface area contributed by atoms with Crippen LogP contribution < -0.4 is 0 Å². The van der Waals surface area contributed by atoms with E-state index in [4.69, 9.17) is 16.3 Å². The van der Waals surface area contributed by atoms with E-state index in [1.807, 2.05) is 24.3 Å². The van der Waals surface area contributed by atoms with E-state index in [0.29, 0.717) is 16.5 Å². The van der Waals surface area contributed by atoms with Crippen molar-refractivity contribution >= 4 is 23.4 Å². The molecular weight excluding hydrogens is 357 g/mol. The van der Waals surface area contributed by atoms with Gasteiger partial charge in [-0.1, -0.05) is 29.8 Å². The van der Waals surface area contributed by atoms with Crippen molar-refractivity contribution < 1.29 is 17.9 Å². The SMILES string of the molecule is FC(F)(F)c1cccc(SC2CCC(c3ccc(Cl)cc3)OC2)c1. The molecule has 24 heavy (non-hydrogen) atoms. The molecule has 128 valence electrons. The van der Waals surface area contributed by atoms with E-state index in [-0.39, 0.29) is 11.4 Å². The molecule has 0 saturated carbocycles. The van der Waals surface area contributed by atoms with Gasteiger partial charge in [0.05, 0.1) is 18.3 Å². The summed E-state index contributed by atoms with van der Waals surface area (Å²) in [6.07, 6.45) is -2.54. The summed E-state index contributed by atoms with van der Waals surface area (Å²) >= 11 is 7.33. The Morgan fingerprint density at radius 3 is 2.42 bits per heavy atom. The normalized spacial score (nSPS) is 21.7. The molecule has 1 fully saturated rings. The molecule has 1 aliphatic rings. The third kappa shape index (κ3) is 4.47. The lowest BCUT2D eigenvalue weighted by Gasteiger charge is -2.29. The summed E-state index contributed by atoms with van der Waals surface area (Å²) in [6.45, 7) is 0.522. The highest BCUT2D eigenvalue weighted by Crippen LogP contribution is 2.38. The molecule has 0 bridgehead atoms. The molecule has 2 aromatic carbocycles.